The molecule has 0 amide bonds. The van der Waals surface area contributed by atoms with Gasteiger partial charge in [0.1, 0.15) is 0 Å². The summed E-state index contributed by atoms with van der Waals surface area (Å²) >= 11 is 2.65. The van der Waals surface area contributed by atoms with E-state index >= 15 is 0 Å². The molecule has 4 nitrogen and oxygen atoms in total. The van der Waals surface area contributed by atoms with Crippen molar-refractivity contribution >= 4 is 48.4 Å². The second-order valence-corrected chi connectivity index (χ2v) is 8.07. The Morgan fingerprint density at radius 1 is 1.26 bits per heavy atom. The van der Waals surface area contributed by atoms with Gasteiger partial charge in [-0.15, -0.1) is 11.3 Å². The van der Waals surface area contributed by atoms with E-state index in [2.05, 4.69) is 4.98 Å². The van der Waals surface area contributed by atoms with Crippen molar-refractivity contribution in [3.05, 3.63) is 40.6 Å². The van der Waals surface area contributed by atoms with E-state index in [1.165, 1.54) is 11.3 Å². The summed E-state index contributed by atoms with van der Waals surface area (Å²) in [6.45, 7) is 0. The van der Waals surface area contributed by atoms with Gasteiger partial charge in [0, 0.05) is 5.69 Å². The second-order valence-electron chi connectivity index (χ2n) is 4.10. The van der Waals surface area contributed by atoms with Gasteiger partial charge < -0.3 is 5.73 Å². The van der Waals surface area contributed by atoms with E-state index in [4.69, 9.17) is 5.73 Å². The molecule has 0 aliphatic heterocycles. The van der Waals surface area contributed by atoms with Crippen molar-refractivity contribution in [2.75, 3.05) is 5.73 Å². The van der Waals surface area contributed by atoms with Crippen molar-refractivity contribution in [3.63, 3.8) is 0 Å². The Balaban J connectivity index is 2.03. The highest BCUT2D eigenvalue weighted by Gasteiger charge is 2.20. The van der Waals surface area contributed by atoms with Crippen molar-refractivity contribution in [1.82, 2.24) is 4.98 Å². The SMILES string of the molecule is Nc1ccc2nc(S(=O)(=O)Cc3ccsc3)sc2c1. The van der Waals surface area contributed by atoms with Crippen molar-refractivity contribution in [2.24, 2.45) is 0 Å². The van der Waals surface area contributed by atoms with Gasteiger partial charge in [0.15, 0.2) is 0 Å². The van der Waals surface area contributed by atoms with Gasteiger partial charge in [-0.05, 0) is 40.6 Å². The zero-order valence-electron chi connectivity index (χ0n) is 9.74. The monoisotopic (exact) mass is 310 g/mol. The van der Waals surface area contributed by atoms with Crippen LogP contribution < -0.4 is 5.73 Å². The van der Waals surface area contributed by atoms with Crippen molar-refractivity contribution < 1.29 is 8.42 Å². The normalized spacial score (nSPS) is 12.0. The number of thiazole rings is 1. The molecule has 19 heavy (non-hydrogen) atoms. The zero-order valence-corrected chi connectivity index (χ0v) is 12.2. The summed E-state index contributed by atoms with van der Waals surface area (Å²) < 4.78 is 25.5. The van der Waals surface area contributed by atoms with Gasteiger partial charge in [-0.3, -0.25) is 0 Å². The van der Waals surface area contributed by atoms with Crippen LogP contribution in [0.3, 0.4) is 0 Å². The van der Waals surface area contributed by atoms with E-state index in [-0.39, 0.29) is 10.1 Å². The fourth-order valence-corrected chi connectivity index (χ4v) is 5.16. The van der Waals surface area contributed by atoms with Crippen LogP contribution in [0.1, 0.15) is 5.56 Å². The lowest BCUT2D eigenvalue weighted by atomic mass is 10.3. The molecule has 3 rings (SSSR count). The lowest BCUT2D eigenvalue weighted by Crippen LogP contribution is -2.03. The first-order valence-electron chi connectivity index (χ1n) is 5.44. The lowest BCUT2D eigenvalue weighted by molar-refractivity contribution is 0.595. The highest BCUT2D eigenvalue weighted by Crippen LogP contribution is 2.29. The first kappa shape index (κ1) is 12.6. The number of nitrogen functional groups attached to an aromatic ring is 1. The molecular formula is C12H10N2O2S3. The van der Waals surface area contributed by atoms with Crippen LogP contribution >= 0.6 is 22.7 Å². The van der Waals surface area contributed by atoms with Crippen LogP contribution in [0.2, 0.25) is 0 Å². The summed E-state index contributed by atoms with van der Waals surface area (Å²) in [4.78, 5) is 4.18. The number of nitrogens with two attached hydrogens (primary N) is 1. The van der Waals surface area contributed by atoms with Crippen LogP contribution in [0.15, 0.2) is 39.4 Å². The van der Waals surface area contributed by atoms with E-state index < -0.39 is 9.84 Å². The molecule has 1 aromatic carbocycles. The topological polar surface area (TPSA) is 73.0 Å². The smallest absolute Gasteiger partial charge is 0.210 e. The minimum absolute atomic E-state index is 0.00813. The van der Waals surface area contributed by atoms with Gasteiger partial charge in [-0.2, -0.15) is 11.3 Å². The van der Waals surface area contributed by atoms with Crippen LogP contribution in [0.5, 0.6) is 0 Å². The molecule has 2 N–H and O–H groups in total. The first-order chi connectivity index (χ1) is 9.04. The number of hydrogen-bond donors (Lipinski definition) is 1. The van der Waals surface area contributed by atoms with E-state index in [1.807, 2.05) is 16.8 Å². The van der Waals surface area contributed by atoms with Crippen molar-refractivity contribution in [1.29, 1.82) is 0 Å². The summed E-state index contributed by atoms with van der Waals surface area (Å²) in [5.74, 6) is -0.00813. The molecular weight excluding hydrogens is 300 g/mol. The third-order valence-electron chi connectivity index (χ3n) is 2.60. The van der Waals surface area contributed by atoms with Crippen LogP contribution in [0.25, 0.3) is 10.2 Å². The maximum atomic E-state index is 12.3. The van der Waals surface area contributed by atoms with Crippen LogP contribution in [0, 0.1) is 0 Å². The van der Waals surface area contributed by atoms with Gasteiger partial charge in [0.25, 0.3) is 0 Å². The Morgan fingerprint density at radius 3 is 2.84 bits per heavy atom. The van der Waals surface area contributed by atoms with Gasteiger partial charge >= 0.3 is 0 Å². The molecule has 98 valence electrons. The van der Waals surface area contributed by atoms with Gasteiger partial charge in [0.05, 0.1) is 16.0 Å². The van der Waals surface area contributed by atoms with Crippen LogP contribution in [0.4, 0.5) is 5.69 Å². The number of hydrogen-bond acceptors (Lipinski definition) is 6. The highest BCUT2D eigenvalue weighted by molar-refractivity contribution is 7.92. The number of fused-ring (bicyclic) bond motifs is 1. The van der Waals surface area contributed by atoms with Crippen molar-refractivity contribution in [2.45, 2.75) is 10.1 Å². The third kappa shape index (κ3) is 2.49. The number of anilines is 1. The number of aromatic nitrogens is 1. The molecule has 0 saturated carbocycles. The summed E-state index contributed by atoms with van der Waals surface area (Å²) in [5.41, 5.74) is 7.76. The molecule has 3 aromatic rings. The molecule has 2 aromatic heterocycles. The zero-order chi connectivity index (χ0) is 13.5. The first-order valence-corrected chi connectivity index (χ1v) is 8.86. The molecule has 0 unspecified atom stereocenters. The summed E-state index contributed by atoms with van der Waals surface area (Å²) in [6, 6.07) is 7.02. The van der Waals surface area contributed by atoms with Crippen LogP contribution in [-0.2, 0) is 15.6 Å². The quantitative estimate of drug-likeness (QED) is 0.755. The molecule has 0 bridgehead atoms. The summed E-state index contributed by atoms with van der Waals surface area (Å²) in [5, 5.41) is 3.70. The van der Waals surface area contributed by atoms with Crippen LogP contribution in [-0.4, -0.2) is 13.4 Å². The summed E-state index contributed by atoms with van der Waals surface area (Å²) in [6.07, 6.45) is 0. The molecule has 0 aliphatic rings. The fourth-order valence-electron chi connectivity index (χ4n) is 1.71. The fraction of sp³-hybridized carbons (Fsp3) is 0.0833. The lowest BCUT2D eigenvalue weighted by Gasteiger charge is -1.97. The maximum Gasteiger partial charge on any atom is 0.210 e. The number of sulfone groups is 1. The molecule has 0 saturated heterocycles. The van der Waals surface area contributed by atoms with Gasteiger partial charge in [0.2, 0.25) is 14.2 Å². The largest absolute Gasteiger partial charge is 0.399 e. The average Bonchev–Trinajstić information content (AvgIpc) is 2.96. The maximum absolute atomic E-state index is 12.3. The van der Waals surface area contributed by atoms with Gasteiger partial charge in [-0.1, -0.05) is 0 Å². The molecule has 0 radical (unpaired) electrons. The Labute approximate surface area is 118 Å². The number of thiophene rings is 1. The molecule has 0 spiro atoms. The minimum atomic E-state index is -3.38. The molecule has 0 atom stereocenters. The predicted molar refractivity (Wildman–Crippen MR) is 79.2 cm³/mol. The van der Waals surface area contributed by atoms with E-state index in [0.717, 1.165) is 21.6 Å². The number of rotatable bonds is 3. The molecule has 2 heterocycles. The predicted octanol–water partition coefficient (Wildman–Crippen LogP) is 2.91. The Kier molecular flexibility index (Phi) is 3.04. The summed E-state index contributed by atoms with van der Waals surface area (Å²) in [7, 11) is -3.38. The Morgan fingerprint density at radius 2 is 2.11 bits per heavy atom. The van der Waals surface area contributed by atoms with Crippen molar-refractivity contribution in [3.8, 4) is 0 Å². The molecule has 0 fully saturated rings. The third-order valence-corrected chi connectivity index (χ3v) is 6.49. The Bertz CT molecular complexity index is 820. The van der Waals surface area contributed by atoms with E-state index in [1.54, 1.807) is 18.2 Å². The number of nitrogens with zero attached hydrogens (tertiary/aromatic N) is 1. The molecule has 7 heteroatoms. The average molecular weight is 310 g/mol. The number of benzene rings is 1. The van der Waals surface area contributed by atoms with E-state index in [0.29, 0.717) is 11.2 Å². The standard InChI is InChI=1S/C12H10N2O2S3/c13-9-1-2-10-11(5-9)18-12(14-10)19(15,16)7-8-3-4-17-6-8/h1-6H,7,13H2. The Hall–Kier alpha value is -1.44. The van der Waals surface area contributed by atoms with Gasteiger partial charge in [-0.25, -0.2) is 13.4 Å². The highest BCUT2D eigenvalue weighted by atomic mass is 32.2. The molecule has 0 aliphatic carbocycles. The second kappa shape index (κ2) is 4.59. The van der Waals surface area contributed by atoms with E-state index in [9.17, 15) is 8.42 Å². The minimum Gasteiger partial charge on any atom is -0.399 e.